The normalized spacial score (nSPS) is 11.9. The van der Waals surface area contributed by atoms with Crippen molar-refractivity contribution in [2.24, 2.45) is 7.05 Å². The smallest absolute Gasteiger partial charge is 0.216 e. The SMILES string of the molecule is COc1c(CNC(C)(C)C)c(C)nn1C. The molecule has 0 saturated carbocycles. The van der Waals surface area contributed by atoms with Gasteiger partial charge < -0.3 is 10.1 Å². The zero-order chi connectivity index (χ0) is 11.6. The Morgan fingerprint density at radius 1 is 1.40 bits per heavy atom. The Labute approximate surface area is 91.6 Å². The maximum absolute atomic E-state index is 5.32. The van der Waals surface area contributed by atoms with Gasteiger partial charge in [-0.1, -0.05) is 0 Å². The fraction of sp³-hybridized carbons (Fsp3) is 0.727. The van der Waals surface area contributed by atoms with E-state index >= 15 is 0 Å². The number of methoxy groups -OCH3 is 1. The Kier molecular flexibility index (Phi) is 3.39. The molecule has 0 aliphatic heterocycles. The first-order valence-electron chi connectivity index (χ1n) is 5.16. The molecule has 1 N–H and O–H groups in total. The highest BCUT2D eigenvalue weighted by Gasteiger charge is 2.16. The first-order valence-corrected chi connectivity index (χ1v) is 5.16. The van der Waals surface area contributed by atoms with Gasteiger partial charge >= 0.3 is 0 Å². The van der Waals surface area contributed by atoms with Crippen LogP contribution < -0.4 is 10.1 Å². The van der Waals surface area contributed by atoms with Gasteiger partial charge in [-0.3, -0.25) is 0 Å². The van der Waals surface area contributed by atoms with Crippen LogP contribution in [0.5, 0.6) is 5.88 Å². The molecule has 86 valence electrons. The molecule has 0 unspecified atom stereocenters. The van der Waals surface area contributed by atoms with Crippen molar-refractivity contribution in [2.45, 2.75) is 39.8 Å². The molecule has 1 aromatic heterocycles. The standard InChI is InChI=1S/C11H21N3O/c1-8-9(7-12-11(2,3)4)10(15-6)14(5)13-8/h12H,7H2,1-6H3. The van der Waals surface area contributed by atoms with Crippen LogP contribution in [-0.2, 0) is 13.6 Å². The van der Waals surface area contributed by atoms with Crippen molar-refractivity contribution in [1.29, 1.82) is 0 Å². The summed E-state index contributed by atoms with van der Waals surface area (Å²) in [4.78, 5) is 0. The maximum atomic E-state index is 5.32. The Hall–Kier alpha value is -1.03. The number of hydrogen-bond acceptors (Lipinski definition) is 3. The van der Waals surface area contributed by atoms with Crippen LogP contribution in [0.3, 0.4) is 0 Å². The molecule has 15 heavy (non-hydrogen) atoms. The molecule has 1 rings (SSSR count). The second kappa shape index (κ2) is 4.23. The number of aromatic nitrogens is 2. The van der Waals surface area contributed by atoms with Gasteiger partial charge in [-0.15, -0.1) is 0 Å². The van der Waals surface area contributed by atoms with E-state index in [2.05, 4.69) is 31.2 Å². The molecule has 0 radical (unpaired) electrons. The average Bonchev–Trinajstić information content (AvgIpc) is 2.35. The summed E-state index contributed by atoms with van der Waals surface area (Å²) in [6.07, 6.45) is 0. The van der Waals surface area contributed by atoms with Crippen molar-refractivity contribution in [2.75, 3.05) is 7.11 Å². The summed E-state index contributed by atoms with van der Waals surface area (Å²) in [7, 11) is 3.57. The topological polar surface area (TPSA) is 39.1 Å². The van der Waals surface area contributed by atoms with Crippen LogP contribution in [0.1, 0.15) is 32.0 Å². The molecule has 0 bridgehead atoms. The third-order valence-electron chi connectivity index (χ3n) is 2.28. The molecule has 1 aromatic rings. The highest BCUT2D eigenvalue weighted by Crippen LogP contribution is 2.21. The van der Waals surface area contributed by atoms with Crippen LogP contribution in [-0.4, -0.2) is 22.4 Å². The lowest BCUT2D eigenvalue weighted by Gasteiger charge is -2.20. The minimum atomic E-state index is 0.104. The minimum absolute atomic E-state index is 0.104. The van der Waals surface area contributed by atoms with Gasteiger partial charge in [-0.25, -0.2) is 4.68 Å². The molecule has 4 heteroatoms. The van der Waals surface area contributed by atoms with Crippen LogP contribution in [0.15, 0.2) is 0 Å². The molecule has 0 atom stereocenters. The fourth-order valence-electron chi connectivity index (χ4n) is 1.49. The predicted molar refractivity (Wildman–Crippen MR) is 61.1 cm³/mol. The van der Waals surface area contributed by atoms with Crippen LogP contribution in [0.25, 0.3) is 0 Å². The van der Waals surface area contributed by atoms with Gasteiger partial charge in [0.25, 0.3) is 0 Å². The lowest BCUT2D eigenvalue weighted by Crippen LogP contribution is -2.35. The summed E-state index contributed by atoms with van der Waals surface area (Å²) in [5.74, 6) is 0.837. The van der Waals surface area contributed by atoms with Crippen molar-refractivity contribution < 1.29 is 4.74 Å². The fourth-order valence-corrected chi connectivity index (χ4v) is 1.49. The third-order valence-corrected chi connectivity index (χ3v) is 2.28. The quantitative estimate of drug-likeness (QED) is 0.826. The number of nitrogens with zero attached hydrogens (tertiary/aromatic N) is 2. The maximum Gasteiger partial charge on any atom is 0.216 e. The van der Waals surface area contributed by atoms with Gasteiger partial charge in [0.2, 0.25) is 5.88 Å². The molecule has 0 saturated heterocycles. The third kappa shape index (κ3) is 2.96. The summed E-state index contributed by atoms with van der Waals surface area (Å²) in [5, 5.41) is 7.77. The van der Waals surface area contributed by atoms with Gasteiger partial charge in [0.1, 0.15) is 0 Å². The van der Waals surface area contributed by atoms with Crippen molar-refractivity contribution >= 4 is 0 Å². The second-order valence-corrected chi connectivity index (χ2v) is 4.80. The molecule has 0 fully saturated rings. The molecule has 0 aliphatic rings. The molecular weight excluding hydrogens is 190 g/mol. The van der Waals surface area contributed by atoms with Gasteiger partial charge in [-0.2, -0.15) is 5.10 Å². The summed E-state index contributed by atoms with van der Waals surface area (Å²) in [6.45, 7) is 9.22. The molecule has 4 nitrogen and oxygen atoms in total. The lowest BCUT2D eigenvalue weighted by molar-refractivity contribution is 0.362. The zero-order valence-corrected chi connectivity index (χ0v) is 10.5. The van der Waals surface area contributed by atoms with E-state index in [1.165, 1.54) is 0 Å². The molecule has 0 spiro atoms. The van der Waals surface area contributed by atoms with Gasteiger partial charge in [-0.05, 0) is 27.7 Å². The van der Waals surface area contributed by atoms with E-state index in [0.717, 1.165) is 23.7 Å². The van der Waals surface area contributed by atoms with E-state index in [9.17, 15) is 0 Å². The van der Waals surface area contributed by atoms with E-state index in [0.29, 0.717) is 0 Å². The Morgan fingerprint density at radius 2 is 2.00 bits per heavy atom. The number of hydrogen-bond donors (Lipinski definition) is 1. The van der Waals surface area contributed by atoms with Gasteiger partial charge in [0.15, 0.2) is 0 Å². The lowest BCUT2D eigenvalue weighted by atomic mass is 10.1. The Morgan fingerprint density at radius 3 is 2.47 bits per heavy atom. The summed E-state index contributed by atoms with van der Waals surface area (Å²) in [5.41, 5.74) is 2.26. The number of ether oxygens (including phenoxy) is 1. The highest BCUT2D eigenvalue weighted by molar-refractivity contribution is 5.30. The average molecular weight is 211 g/mol. The van der Waals surface area contributed by atoms with E-state index in [1.807, 2.05) is 14.0 Å². The van der Waals surface area contributed by atoms with Crippen LogP contribution in [0.4, 0.5) is 0 Å². The summed E-state index contributed by atoms with van der Waals surface area (Å²) < 4.78 is 7.10. The van der Waals surface area contributed by atoms with E-state index in [-0.39, 0.29) is 5.54 Å². The van der Waals surface area contributed by atoms with E-state index in [4.69, 9.17) is 4.74 Å². The van der Waals surface area contributed by atoms with E-state index < -0.39 is 0 Å². The van der Waals surface area contributed by atoms with Gasteiger partial charge in [0, 0.05) is 19.1 Å². The predicted octanol–water partition coefficient (Wildman–Crippen LogP) is 1.63. The highest BCUT2D eigenvalue weighted by atomic mass is 16.5. The van der Waals surface area contributed by atoms with E-state index in [1.54, 1.807) is 11.8 Å². The zero-order valence-electron chi connectivity index (χ0n) is 10.5. The van der Waals surface area contributed by atoms with Gasteiger partial charge in [0.05, 0.1) is 18.4 Å². The first kappa shape index (κ1) is 12.0. The molecule has 0 aliphatic carbocycles. The number of aryl methyl sites for hydroxylation is 2. The Balaban J connectivity index is 2.84. The van der Waals surface area contributed by atoms with Crippen molar-refractivity contribution in [1.82, 2.24) is 15.1 Å². The largest absolute Gasteiger partial charge is 0.481 e. The minimum Gasteiger partial charge on any atom is -0.481 e. The van der Waals surface area contributed by atoms with Crippen molar-refractivity contribution in [3.05, 3.63) is 11.3 Å². The Bertz CT molecular complexity index is 336. The molecule has 0 aromatic carbocycles. The monoisotopic (exact) mass is 211 g/mol. The van der Waals surface area contributed by atoms with Crippen molar-refractivity contribution in [3.63, 3.8) is 0 Å². The molecule has 0 amide bonds. The van der Waals surface area contributed by atoms with Crippen LogP contribution in [0, 0.1) is 6.92 Å². The second-order valence-electron chi connectivity index (χ2n) is 4.80. The van der Waals surface area contributed by atoms with Crippen LogP contribution in [0.2, 0.25) is 0 Å². The molecule has 1 heterocycles. The molecular formula is C11H21N3O. The van der Waals surface area contributed by atoms with Crippen LogP contribution >= 0.6 is 0 Å². The summed E-state index contributed by atoms with van der Waals surface area (Å²) >= 11 is 0. The number of rotatable bonds is 3. The van der Waals surface area contributed by atoms with Crippen molar-refractivity contribution in [3.8, 4) is 5.88 Å². The first-order chi connectivity index (χ1) is 6.85. The summed E-state index contributed by atoms with van der Waals surface area (Å²) in [6, 6.07) is 0. The number of nitrogens with one attached hydrogen (secondary N) is 1.